The molecule has 1 amide bonds. The molecule has 0 aliphatic rings. The van der Waals surface area contributed by atoms with Gasteiger partial charge in [0.2, 0.25) is 0 Å². The lowest BCUT2D eigenvalue weighted by Crippen LogP contribution is -2.29. The second kappa shape index (κ2) is 8.52. The molecule has 3 aromatic heterocycles. The summed E-state index contributed by atoms with van der Waals surface area (Å²) in [5, 5.41) is 4.14. The predicted octanol–water partition coefficient (Wildman–Crippen LogP) is 2.46. The molecule has 7 heteroatoms. The molecular weight excluding hydrogens is 366 g/mol. The number of hydrogen-bond acceptors (Lipinski definition) is 4. The normalized spacial score (nSPS) is 10.9. The molecule has 0 fully saturated rings. The third-order valence-corrected chi connectivity index (χ3v) is 4.73. The van der Waals surface area contributed by atoms with Gasteiger partial charge in [-0.2, -0.15) is 0 Å². The standard InChI is InChI=1S/C22H21N5O2/c28-21(25-10-5-12-26-13-11-23-16-26)20-15-27(14-17-6-3-4-9-24-17)22(29)19-8-2-1-7-18(19)20/h1-4,6-9,11,13,15-16H,5,10,12,14H2,(H,25,28). The number of fused-ring (bicyclic) bond motifs is 1. The van der Waals surface area contributed by atoms with Crippen molar-refractivity contribution in [3.8, 4) is 0 Å². The van der Waals surface area contributed by atoms with Crippen LogP contribution in [0.25, 0.3) is 10.8 Å². The Hall–Kier alpha value is -3.74. The molecule has 3 heterocycles. The molecule has 0 saturated heterocycles. The van der Waals surface area contributed by atoms with Gasteiger partial charge in [0.05, 0.1) is 24.1 Å². The fraction of sp³-hybridized carbons (Fsp3) is 0.182. The van der Waals surface area contributed by atoms with Gasteiger partial charge in [0.1, 0.15) is 0 Å². The number of carbonyl (C=O) groups is 1. The van der Waals surface area contributed by atoms with Gasteiger partial charge in [0, 0.05) is 48.6 Å². The van der Waals surface area contributed by atoms with Gasteiger partial charge >= 0.3 is 0 Å². The summed E-state index contributed by atoms with van der Waals surface area (Å²) >= 11 is 0. The number of rotatable bonds is 7. The van der Waals surface area contributed by atoms with Crippen molar-refractivity contribution in [2.75, 3.05) is 6.54 Å². The van der Waals surface area contributed by atoms with Gasteiger partial charge in [-0.15, -0.1) is 0 Å². The van der Waals surface area contributed by atoms with E-state index in [1.165, 1.54) is 0 Å². The highest BCUT2D eigenvalue weighted by atomic mass is 16.2. The molecule has 0 radical (unpaired) electrons. The lowest BCUT2D eigenvalue weighted by atomic mass is 10.1. The second-order valence-corrected chi connectivity index (χ2v) is 6.75. The van der Waals surface area contributed by atoms with Gasteiger partial charge in [-0.25, -0.2) is 4.98 Å². The topological polar surface area (TPSA) is 81.8 Å². The molecule has 29 heavy (non-hydrogen) atoms. The van der Waals surface area contributed by atoms with Crippen LogP contribution in [0, 0.1) is 0 Å². The van der Waals surface area contributed by atoms with E-state index in [-0.39, 0.29) is 11.5 Å². The van der Waals surface area contributed by atoms with Crippen LogP contribution in [-0.4, -0.2) is 31.6 Å². The van der Waals surface area contributed by atoms with Gasteiger partial charge in [0.15, 0.2) is 0 Å². The van der Waals surface area contributed by atoms with E-state index >= 15 is 0 Å². The Morgan fingerprint density at radius 2 is 1.86 bits per heavy atom. The van der Waals surface area contributed by atoms with Crippen LogP contribution < -0.4 is 10.9 Å². The number of amides is 1. The first kappa shape index (κ1) is 18.6. The van der Waals surface area contributed by atoms with Crippen molar-refractivity contribution >= 4 is 16.7 Å². The van der Waals surface area contributed by atoms with Crippen LogP contribution in [-0.2, 0) is 13.1 Å². The molecule has 0 saturated carbocycles. The molecule has 4 rings (SSSR count). The van der Waals surface area contributed by atoms with Crippen LogP contribution in [0.4, 0.5) is 0 Å². The van der Waals surface area contributed by atoms with Crippen molar-refractivity contribution in [2.45, 2.75) is 19.5 Å². The number of nitrogens with zero attached hydrogens (tertiary/aromatic N) is 4. The minimum absolute atomic E-state index is 0.136. The van der Waals surface area contributed by atoms with E-state index in [9.17, 15) is 9.59 Å². The first-order valence-electron chi connectivity index (χ1n) is 9.48. The van der Waals surface area contributed by atoms with E-state index < -0.39 is 0 Å². The van der Waals surface area contributed by atoms with Crippen molar-refractivity contribution in [1.29, 1.82) is 0 Å². The Bertz CT molecular complexity index is 1170. The smallest absolute Gasteiger partial charge is 0.258 e. The summed E-state index contributed by atoms with van der Waals surface area (Å²) in [5.74, 6) is -0.193. The van der Waals surface area contributed by atoms with E-state index in [2.05, 4.69) is 15.3 Å². The summed E-state index contributed by atoms with van der Waals surface area (Å²) in [7, 11) is 0. The second-order valence-electron chi connectivity index (χ2n) is 6.75. The lowest BCUT2D eigenvalue weighted by Gasteiger charge is -2.12. The molecule has 0 bridgehead atoms. The Balaban J connectivity index is 1.57. The fourth-order valence-corrected chi connectivity index (χ4v) is 3.29. The number of nitrogens with one attached hydrogen (secondary N) is 1. The first-order chi connectivity index (χ1) is 14.2. The van der Waals surface area contributed by atoms with Crippen LogP contribution in [0.5, 0.6) is 0 Å². The van der Waals surface area contributed by atoms with E-state index in [4.69, 9.17) is 0 Å². The molecule has 1 aromatic carbocycles. The molecule has 1 N–H and O–H groups in total. The quantitative estimate of drug-likeness (QED) is 0.494. The van der Waals surface area contributed by atoms with Crippen LogP contribution >= 0.6 is 0 Å². The number of benzene rings is 1. The molecule has 0 unspecified atom stereocenters. The number of aromatic nitrogens is 4. The summed E-state index contributed by atoms with van der Waals surface area (Å²) in [6.07, 6.45) is 9.48. The number of aryl methyl sites for hydroxylation is 1. The fourth-order valence-electron chi connectivity index (χ4n) is 3.29. The molecule has 4 aromatic rings. The Morgan fingerprint density at radius 1 is 1.03 bits per heavy atom. The molecule has 0 aliphatic carbocycles. The van der Waals surface area contributed by atoms with Crippen molar-refractivity contribution in [3.05, 3.63) is 95.2 Å². The summed E-state index contributed by atoms with van der Waals surface area (Å²) in [6, 6.07) is 12.8. The third-order valence-electron chi connectivity index (χ3n) is 4.73. The Morgan fingerprint density at radius 3 is 2.62 bits per heavy atom. The zero-order valence-electron chi connectivity index (χ0n) is 15.9. The zero-order valence-corrected chi connectivity index (χ0v) is 15.9. The Labute approximate surface area is 167 Å². The number of hydrogen-bond donors (Lipinski definition) is 1. The van der Waals surface area contributed by atoms with Gasteiger partial charge in [-0.1, -0.05) is 24.3 Å². The monoisotopic (exact) mass is 387 g/mol. The van der Waals surface area contributed by atoms with Crippen molar-refractivity contribution in [3.63, 3.8) is 0 Å². The zero-order chi connectivity index (χ0) is 20.1. The minimum atomic E-state index is -0.193. The largest absolute Gasteiger partial charge is 0.352 e. The highest BCUT2D eigenvalue weighted by molar-refractivity contribution is 6.06. The van der Waals surface area contributed by atoms with Crippen LogP contribution in [0.15, 0.2) is 78.4 Å². The molecule has 0 aliphatic heterocycles. The van der Waals surface area contributed by atoms with Gasteiger partial charge in [-0.3, -0.25) is 14.6 Å². The molecular formula is C22H21N5O2. The molecule has 0 atom stereocenters. The maximum Gasteiger partial charge on any atom is 0.258 e. The van der Waals surface area contributed by atoms with E-state index in [1.807, 2.05) is 47.2 Å². The lowest BCUT2D eigenvalue weighted by molar-refractivity contribution is 0.0953. The van der Waals surface area contributed by atoms with Crippen LogP contribution in [0.2, 0.25) is 0 Å². The predicted molar refractivity (Wildman–Crippen MR) is 111 cm³/mol. The SMILES string of the molecule is O=C(NCCCn1ccnc1)c1cn(Cc2ccccn2)c(=O)c2ccccc12. The molecule has 146 valence electrons. The van der Waals surface area contributed by atoms with Crippen LogP contribution in [0.1, 0.15) is 22.5 Å². The number of pyridine rings is 2. The molecule has 7 nitrogen and oxygen atoms in total. The average molecular weight is 387 g/mol. The van der Waals surface area contributed by atoms with Crippen molar-refractivity contribution < 1.29 is 4.79 Å². The van der Waals surface area contributed by atoms with E-state index in [1.54, 1.807) is 35.6 Å². The van der Waals surface area contributed by atoms with Crippen molar-refractivity contribution in [2.24, 2.45) is 0 Å². The summed E-state index contributed by atoms with van der Waals surface area (Å²) in [6.45, 7) is 1.62. The summed E-state index contributed by atoms with van der Waals surface area (Å²) in [5.41, 5.74) is 1.11. The maximum atomic E-state index is 12.9. The first-order valence-corrected chi connectivity index (χ1v) is 9.48. The summed E-state index contributed by atoms with van der Waals surface area (Å²) in [4.78, 5) is 34.1. The van der Waals surface area contributed by atoms with Gasteiger partial charge in [-0.05, 0) is 24.6 Å². The molecule has 0 spiro atoms. The number of carbonyl (C=O) groups excluding carboxylic acids is 1. The average Bonchev–Trinajstić information content (AvgIpc) is 3.27. The maximum absolute atomic E-state index is 12.9. The highest BCUT2D eigenvalue weighted by Gasteiger charge is 2.14. The minimum Gasteiger partial charge on any atom is -0.352 e. The van der Waals surface area contributed by atoms with Crippen molar-refractivity contribution in [1.82, 2.24) is 24.4 Å². The van der Waals surface area contributed by atoms with Gasteiger partial charge in [0.25, 0.3) is 11.5 Å². The Kier molecular flexibility index (Phi) is 5.47. The van der Waals surface area contributed by atoms with Gasteiger partial charge < -0.3 is 14.5 Å². The highest BCUT2D eigenvalue weighted by Crippen LogP contribution is 2.16. The summed E-state index contributed by atoms with van der Waals surface area (Å²) < 4.78 is 3.51. The van der Waals surface area contributed by atoms with E-state index in [0.717, 1.165) is 18.7 Å². The van der Waals surface area contributed by atoms with E-state index in [0.29, 0.717) is 29.4 Å². The van der Waals surface area contributed by atoms with Crippen LogP contribution in [0.3, 0.4) is 0 Å². The third kappa shape index (κ3) is 4.24. The number of imidazole rings is 1.